The smallest absolute Gasteiger partial charge is 0.165 e. The van der Waals surface area contributed by atoms with Crippen LogP contribution in [0.2, 0.25) is 0 Å². The Balaban J connectivity index is 2.18. The molecule has 1 heterocycles. The first-order valence-electron chi connectivity index (χ1n) is 5.50. The summed E-state index contributed by atoms with van der Waals surface area (Å²) in [6.45, 7) is 4.35. The molecule has 0 atom stereocenters. The number of hydrogen-bond donors (Lipinski definition) is 0. The van der Waals surface area contributed by atoms with Crippen LogP contribution in [0.15, 0.2) is 36.7 Å². The molecule has 0 unspecified atom stereocenters. The first-order chi connectivity index (χ1) is 8.19. The molecule has 0 bridgehead atoms. The molecule has 0 radical (unpaired) electrons. The first kappa shape index (κ1) is 11.4. The van der Waals surface area contributed by atoms with E-state index in [2.05, 4.69) is 5.10 Å². The molecule has 0 aliphatic rings. The Labute approximate surface area is 99.8 Å². The number of ketones is 1. The molecular formula is C13H14N2O2. The average Bonchev–Trinajstić information content (AvgIpc) is 2.77. The standard InChI is InChI=1S/C13H14N2O2/c1-3-15-9-13(8-14-15)17-12-6-4-5-11(7-12)10(2)16/h4-9H,3H2,1-2H3. The van der Waals surface area contributed by atoms with E-state index in [-0.39, 0.29) is 5.78 Å². The maximum Gasteiger partial charge on any atom is 0.165 e. The number of benzene rings is 1. The van der Waals surface area contributed by atoms with Gasteiger partial charge in [0.15, 0.2) is 11.5 Å². The Morgan fingerprint density at radius 1 is 1.41 bits per heavy atom. The topological polar surface area (TPSA) is 44.1 Å². The molecule has 1 aromatic carbocycles. The van der Waals surface area contributed by atoms with Crippen LogP contribution in [0.3, 0.4) is 0 Å². The molecule has 88 valence electrons. The summed E-state index contributed by atoms with van der Waals surface area (Å²) in [6.07, 6.45) is 3.48. The predicted molar refractivity (Wildman–Crippen MR) is 64.4 cm³/mol. The third-order valence-corrected chi connectivity index (χ3v) is 2.41. The Kier molecular flexibility index (Phi) is 3.23. The van der Waals surface area contributed by atoms with E-state index in [0.29, 0.717) is 17.1 Å². The van der Waals surface area contributed by atoms with Crippen LogP contribution < -0.4 is 4.74 Å². The lowest BCUT2D eigenvalue weighted by Crippen LogP contribution is -1.93. The van der Waals surface area contributed by atoms with Crippen molar-refractivity contribution in [3.63, 3.8) is 0 Å². The summed E-state index contributed by atoms with van der Waals surface area (Å²) in [6, 6.07) is 7.11. The molecule has 0 amide bonds. The molecule has 0 saturated carbocycles. The number of ether oxygens (including phenoxy) is 1. The second-order valence-electron chi connectivity index (χ2n) is 3.72. The van der Waals surface area contributed by atoms with Crippen LogP contribution in [0.5, 0.6) is 11.5 Å². The van der Waals surface area contributed by atoms with Gasteiger partial charge in [-0.05, 0) is 26.0 Å². The van der Waals surface area contributed by atoms with Crippen molar-refractivity contribution in [1.82, 2.24) is 9.78 Å². The molecule has 4 heteroatoms. The molecule has 1 aromatic heterocycles. The summed E-state index contributed by atoms with van der Waals surface area (Å²) in [5, 5.41) is 4.11. The minimum absolute atomic E-state index is 0.0275. The van der Waals surface area contributed by atoms with E-state index in [9.17, 15) is 4.79 Å². The van der Waals surface area contributed by atoms with E-state index >= 15 is 0 Å². The normalized spacial score (nSPS) is 10.2. The third kappa shape index (κ3) is 2.72. The van der Waals surface area contributed by atoms with E-state index in [0.717, 1.165) is 6.54 Å². The predicted octanol–water partition coefficient (Wildman–Crippen LogP) is 2.90. The summed E-state index contributed by atoms with van der Waals surface area (Å²) in [7, 11) is 0. The lowest BCUT2D eigenvalue weighted by molar-refractivity contribution is 0.101. The molecule has 2 aromatic rings. The molecule has 17 heavy (non-hydrogen) atoms. The van der Waals surface area contributed by atoms with Crippen LogP contribution in [-0.4, -0.2) is 15.6 Å². The fraction of sp³-hybridized carbons (Fsp3) is 0.231. The number of nitrogens with zero attached hydrogens (tertiary/aromatic N) is 2. The Morgan fingerprint density at radius 3 is 2.88 bits per heavy atom. The van der Waals surface area contributed by atoms with Gasteiger partial charge in [0.1, 0.15) is 5.75 Å². The number of Topliss-reactive ketones (excluding diaryl/α,β-unsaturated/α-hetero) is 1. The monoisotopic (exact) mass is 230 g/mol. The third-order valence-electron chi connectivity index (χ3n) is 2.41. The number of carbonyl (C=O) groups excluding carboxylic acids is 1. The summed E-state index contributed by atoms with van der Waals surface area (Å²) in [5.74, 6) is 1.35. The molecule has 0 saturated heterocycles. The minimum Gasteiger partial charge on any atom is -0.454 e. The Hall–Kier alpha value is -2.10. The maximum absolute atomic E-state index is 11.2. The lowest BCUT2D eigenvalue weighted by Gasteiger charge is -2.03. The van der Waals surface area contributed by atoms with Crippen LogP contribution in [0.4, 0.5) is 0 Å². The van der Waals surface area contributed by atoms with Crippen molar-refractivity contribution in [2.45, 2.75) is 20.4 Å². The average molecular weight is 230 g/mol. The molecule has 2 rings (SSSR count). The molecular weight excluding hydrogens is 216 g/mol. The van der Waals surface area contributed by atoms with Crippen LogP contribution in [0.25, 0.3) is 0 Å². The van der Waals surface area contributed by atoms with E-state index in [1.165, 1.54) is 6.92 Å². The van der Waals surface area contributed by atoms with Gasteiger partial charge >= 0.3 is 0 Å². The second kappa shape index (κ2) is 4.82. The lowest BCUT2D eigenvalue weighted by atomic mass is 10.1. The highest BCUT2D eigenvalue weighted by molar-refractivity contribution is 5.94. The first-order valence-corrected chi connectivity index (χ1v) is 5.50. The van der Waals surface area contributed by atoms with Gasteiger partial charge in [0, 0.05) is 12.1 Å². The van der Waals surface area contributed by atoms with Gasteiger partial charge in [-0.15, -0.1) is 0 Å². The summed E-state index contributed by atoms with van der Waals surface area (Å²) in [4.78, 5) is 11.2. The van der Waals surface area contributed by atoms with E-state index in [1.807, 2.05) is 19.2 Å². The van der Waals surface area contributed by atoms with Gasteiger partial charge < -0.3 is 4.74 Å². The maximum atomic E-state index is 11.2. The number of carbonyl (C=O) groups is 1. The Bertz CT molecular complexity index is 532. The number of aromatic nitrogens is 2. The van der Waals surface area contributed by atoms with Crippen molar-refractivity contribution in [1.29, 1.82) is 0 Å². The zero-order chi connectivity index (χ0) is 12.3. The minimum atomic E-state index is 0.0275. The van der Waals surface area contributed by atoms with Crippen molar-refractivity contribution < 1.29 is 9.53 Å². The van der Waals surface area contributed by atoms with Gasteiger partial charge in [-0.2, -0.15) is 5.10 Å². The van der Waals surface area contributed by atoms with Gasteiger partial charge in [0.25, 0.3) is 0 Å². The van der Waals surface area contributed by atoms with Crippen molar-refractivity contribution in [3.8, 4) is 11.5 Å². The summed E-state index contributed by atoms with van der Waals surface area (Å²) in [5.41, 5.74) is 0.644. The van der Waals surface area contributed by atoms with Gasteiger partial charge in [-0.1, -0.05) is 12.1 Å². The summed E-state index contributed by atoms with van der Waals surface area (Å²) >= 11 is 0. The largest absolute Gasteiger partial charge is 0.454 e. The van der Waals surface area contributed by atoms with Gasteiger partial charge in [-0.3, -0.25) is 9.48 Å². The Morgan fingerprint density at radius 2 is 2.24 bits per heavy atom. The zero-order valence-corrected chi connectivity index (χ0v) is 9.88. The van der Waals surface area contributed by atoms with Crippen LogP contribution in [0, 0.1) is 0 Å². The van der Waals surface area contributed by atoms with E-state index < -0.39 is 0 Å². The molecule has 0 fully saturated rings. The van der Waals surface area contributed by atoms with Crippen molar-refractivity contribution in [2.75, 3.05) is 0 Å². The van der Waals surface area contributed by atoms with Crippen molar-refractivity contribution in [3.05, 3.63) is 42.2 Å². The van der Waals surface area contributed by atoms with Crippen LogP contribution in [0.1, 0.15) is 24.2 Å². The number of aryl methyl sites for hydroxylation is 1. The highest BCUT2D eigenvalue weighted by atomic mass is 16.5. The van der Waals surface area contributed by atoms with Crippen molar-refractivity contribution in [2.24, 2.45) is 0 Å². The van der Waals surface area contributed by atoms with Crippen LogP contribution in [-0.2, 0) is 6.54 Å². The fourth-order valence-corrected chi connectivity index (χ4v) is 1.48. The van der Waals surface area contributed by atoms with Gasteiger partial charge in [0.2, 0.25) is 0 Å². The van der Waals surface area contributed by atoms with Gasteiger partial charge in [0.05, 0.1) is 12.4 Å². The fourth-order valence-electron chi connectivity index (χ4n) is 1.48. The van der Waals surface area contributed by atoms with Gasteiger partial charge in [-0.25, -0.2) is 0 Å². The van der Waals surface area contributed by atoms with Crippen molar-refractivity contribution >= 4 is 5.78 Å². The number of rotatable bonds is 4. The zero-order valence-electron chi connectivity index (χ0n) is 9.88. The molecule has 4 nitrogen and oxygen atoms in total. The summed E-state index contributed by atoms with van der Waals surface area (Å²) < 4.78 is 7.40. The number of hydrogen-bond acceptors (Lipinski definition) is 3. The SMILES string of the molecule is CCn1cc(Oc2cccc(C(C)=O)c2)cn1. The van der Waals surface area contributed by atoms with E-state index in [4.69, 9.17) is 4.74 Å². The molecule has 0 aliphatic carbocycles. The highest BCUT2D eigenvalue weighted by Gasteiger charge is 2.03. The highest BCUT2D eigenvalue weighted by Crippen LogP contribution is 2.21. The van der Waals surface area contributed by atoms with E-state index in [1.54, 1.807) is 29.1 Å². The molecule has 0 spiro atoms. The second-order valence-corrected chi connectivity index (χ2v) is 3.72. The molecule has 0 N–H and O–H groups in total. The molecule has 0 aliphatic heterocycles. The quantitative estimate of drug-likeness (QED) is 0.758. The van der Waals surface area contributed by atoms with Crippen LogP contribution >= 0.6 is 0 Å².